The largest absolute Gasteiger partial charge is 0.506 e. The monoisotopic (exact) mass is 411 g/mol. The smallest absolute Gasteiger partial charge is 0.276 e. The van der Waals surface area contributed by atoms with Crippen LogP contribution in [-0.4, -0.2) is 35.0 Å². The molecular formula is C21H21N3O4S. The van der Waals surface area contributed by atoms with Crippen molar-refractivity contribution in [3.05, 3.63) is 65.5 Å². The third-order valence-corrected chi connectivity index (χ3v) is 6.83. The number of benzene rings is 2. The van der Waals surface area contributed by atoms with Crippen molar-refractivity contribution in [2.24, 2.45) is 0 Å². The molecule has 8 heteroatoms. The number of aromatic hydroxyl groups is 1. The standard InChI is InChI=1S/C21H21N3O4S/c1-2-29(27,28)15-11-12-19(25)17(13-15)22-21(26)20-16-9-6-10-18(16)24(23-20)14-7-4-3-5-8-14/h3-5,7-8,11-13,25H,2,6,9-10H2,1H3,(H,22,26). The van der Waals surface area contributed by atoms with Gasteiger partial charge in [0.15, 0.2) is 15.5 Å². The van der Waals surface area contributed by atoms with Gasteiger partial charge >= 0.3 is 0 Å². The fourth-order valence-electron chi connectivity index (χ4n) is 3.56. The molecule has 2 aromatic carbocycles. The first-order valence-corrected chi connectivity index (χ1v) is 11.1. The maximum atomic E-state index is 13.0. The molecule has 3 aromatic rings. The molecule has 0 aliphatic heterocycles. The van der Waals surface area contributed by atoms with Crippen molar-refractivity contribution in [2.75, 3.05) is 11.1 Å². The van der Waals surface area contributed by atoms with E-state index >= 15 is 0 Å². The van der Waals surface area contributed by atoms with Gasteiger partial charge in [0.05, 0.1) is 22.0 Å². The van der Waals surface area contributed by atoms with Gasteiger partial charge in [-0.25, -0.2) is 13.1 Å². The lowest BCUT2D eigenvalue weighted by atomic mass is 10.2. The topological polar surface area (TPSA) is 101 Å². The summed E-state index contributed by atoms with van der Waals surface area (Å²) in [5.41, 5.74) is 3.12. The number of fused-ring (bicyclic) bond motifs is 1. The summed E-state index contributed by atoms with van der Waals surface area (Å²) in [6.45, 7) is 1.54. The number of carbonyl (C=O) groups excluding carboxylic acids is 1. The van der Waals surface area contributed by atoms with Gasteiger partial charge in [0.1, 0.15) is 5.75 Å². The molecule has 4 rings (SSSR count). The van der Waals surface area contributed by atoms with E-state index in [9.17, 15) is 18.3 Å². The van der Waals surface area contributed by atoms with E-state index in [-0.39, 0.29) is 22.1 Å². The van der Waals surface area contributed by atoms with Crippen LogP contribution in [0.5, 0.6) is 5.75 Å². The van der Waals surface area contributed by atoms with Gasteiger partial charge in [-0.2, -0.15) is 5.10 Å². The van der Waals surface area contributed by atoms with Crippen molar-refractivity contribution in [1.29, 1.82) is 0 Å². The third kappa shape index (κ3) is 3.51. The lowest BCUT2D eigenvalue weighted by molar-refractivity contribution is 0.102. The molecule has 0 fully saturated rings. The number of phenols is 1. The van der Waals surface area contributed by atoms with Gasteiger partial charge in [0, 0.05) is 11.3 Å². The predicted molar refractivity (Wildman–Crippen MR) is 109 cm³/mol. The van der Waals surface area contributed by atoms with Gasteiger partial charge < -0.3 is 10.4 Å². The van der Waals surface area contributed by atoms with Crippen molar-refractivity contribution in [3.63, 3.8) is 0 Å². The number of anilines is 1. The molecule has 1 amide bonds. The third-order valence-electron chi connectivity index (χ3n) is 5.10. The van der Waals surface area contributed by atoms with E-state index in [0.717, 1.165) is 36.2 Å². The highest BCUT2D eigenvalue weighted by Crippen LogP contribution is 2.30. The van der Waals surface area contributed by atoms with E-state index in [4.69, 9.17) is 0 Å². The summed E-state index contributed by atoms with van der Waals surface area (Å²) < 4.78 is 26.0. The van der Waals surface area contributed by atoms with E-state index in [2.05, 4.69) is 10.4 Å². The molecule has 150 valence electrons. The number of phenolic OH excluding ortho intramolecular Hbond substituents is 1. The highest BCUT2D eigenvalue weighted by molar-refractivity contribution is 7.91. The number of nitrogens with zero attached hydrogens (tertiary/aromatic N) is 2. The molecule has 0 saturated heterocycles. The fraction of sp³-hybridized carbons (Fsp3) is 0.238. The van der Waals surface area contributed by atoms with Crippen LogP contribution in [0, 0.1) is 0 Å². The Hall–Kier alpha value is -3.13. The van der Waals surface area contributed by atoms with Crippen LogP contribution in [0.4, 0.5) is 5.69 Å². The quantitative estimate of drug-likeness (QED) is 0.628. The highest BCUT2D eigenvalue weighted by atomic mass is 32.2. The van der Waals surface area contributed by atoms with Crippen LogP contribution < -0.4 is 5.32 Å². The Balaban J connectivity index is 1.70. The number of sulfone groups is 1. The summed E-state index contributed by atoms with van der Waals surface area (Å²) in [7, 11) is -3.46. The maximum Gasteiger partial charge on any atom is 0.276 e. The zero-order chi connectivity index (χ0) is 20.6. The molecule has 0 atom stereocenters. The Bertz CT molecular complexity index is 1180. The molecule has 2 N–H and O–H groups in total. The molecule has 1 aromatic heterocycles. The highest BCUT2D eigenvalue weighted by Gasteiger charge is 2.27. The number of hydrogen-bond acceptors (Lipinski definition) is 5. The van der Waals surface area contributed by atoms with Crippen LogP contribution in [-0.2, 0) is 22.7 Å². The number of aromatic nitrogens is 2. The summed E-state index contributed by atoms with van der Waals surface area (Å²) in [5, 5.41) is 17.3. The molecule has 0 saturated carbocycles. The van der Waals surface area contributed by atoms with Gasteiger partial charge in [-0.15, -0.1) is 0 Å². The van der Waals surface area contributed by atoms with Crippen LogP contribution in [0.15, 0.2) is 53.4 Å². The number of rotatable bonds is 5. The van der Waals surface area contributed by atoms with Gasteiger partial charge in [-0.3, -0.25) is 4.79 Å². The van der Waals surface area contributed by atoms with Crippen molar-refractivity contribution in [1.82, 2.24) is 9.78 Å². The predicted octanol–water partition coefficient (Wildman–Crippen LogP) is 3.11. The second kappa shape index (κ2) is 7.36. The maximum absolute atomic E-state index is 13.0. The van der Waals surface area contributed by atoms with E-state index in [1.165, 1.54) is 18.2 Å². The second-order valence-electron chi connectivity index (χ2n) is 6.91. The Labute approximate surface area is 168 Å². The van der Waals surface area contributed by atoms with Crippen molar-refractivity contribution >= 4 is 21.4 Å². The molecule has 7 nitrogen and oxygen atoms in total. The molecule has 0 bridgehead atoms. The van der Waals surface area contributed by atoms with E-state index < -0.39 is 15.7 Å². The normalized spacial score (nSPS) is 13.3. The zero-order valence-corrected chi connectivity index (χ0v) is 16.7. The number of nitrogens with one attached hydrogen (secondary N) is 1. The average molecular weight is 411 g/mol. The average Bonchev–Trinajstić information content (AvgIpc) is 3.33. The molecule has 0 spiro atoms. The molecule has 1 aliphatic carbocycles. The van der Waals surface area contributed by atoms with Crippen LogP contribution in [0.2, 0.25) is 0 Å². The summed E-state index contributed by atoms with van der Waals surface area (Å²) >= 11 is 0. The summed E-state index contributed by atoms with van der Waals surface area (Å²) in [5.74, 6) is -0.744. The van der Waals surface area contributed by atoms with E-state index in [1.54, 1.807) is 11.6 Å². The molecule has 29 heavy (non-hydrogen) atoms. The van der Waals surface area contributed by atoms with Crippen LogP contribution in [0.1, 0.15) is 35.1 Å². The Morgan fingerprint density at radius 2 is 1.93 bits per heavy atom. The summed E-state index contributed by atoms with van der Waals surface area (Å²) in [4.78, 5) is 13.0. The molecule has 1 aliphatic rings. The molecular weight excluding hydrogens is 390 g/mol. The Kier molecular flexibility index (Phi) is 4.87. The van der Waals surface area contributed by atoms with Crippen LogP contribution in [0.3, 0.4) is 0 Å². The Morgan fingerprint density at radius 3 is 2.66 bits per heavy atom. The molecule has 0 unspecified atom stereocenters. The summed E-state index contributed by atoms with van der Waals surface area (Å²) in [6.07, 6.45) is 2.52. The Morgan fingerprint density at radius 1 is 1.17 bits per heavy atom. The number of hydrogen-bond donors (Lipinski definition) is 2. The second-order valence-corrected chi connectivity index (χ2v) is 9.19. The number of para-hydroxylation sites is 1. The lowest BCUT2D eigenvalue weighted by Crippen LogP contribution is -2.15. The zero-order valence-electron chi connectivity index (χ0n) is 15.9. The first-order chi connectivity index (χ1) is 13.9. The van der Waals surface area contributed by atoms with Gasteiger partial charge in [-0.1, -0.05) is 25.1 Å². The summed E-state index contributed by atoms with van der Waals surface area (Å²) in [6, 6.07) is 13.5. The minimum Gasteiger partial charge on any atom is -0.506 e. The van der Waals surface area contributed by atoms with Crippen LogP contribution in [0.25, 0.3) is 5.69 Å². The van der Waals surface area contributed by atoms with Crippen LogP contribution >= 0.6 is 0 Å². The first-order valence-electron chi connectivity index (χ1n) is 9.44. The minimum absolute atomic E-state index is 0.0468. The number of carbonyl (C=O) groups is 1. The SMILES string of the molecule is CCS(=O)(=O)c1ccc(O)c(NC(=O)c2nn(-c3ccccc3)c3c2CCC3)c1. The van der Waals surface area contributed by atoms with Gasteiger partial charge in [-0.05, 0) is 49.6 Å². The lowest BCUT2D eigenvalue weighted by Gasteiger charge is -2.09. The van der Waals surface area contributed by atoms with Crippen molar-refractivity contribution < 1.29 is 18.3 Å². The molecule has 0 radical (unpaired) electrons. The molecule has 1 heterocycles. The minimum atomic E-state index is -3.46. The van der Waals surface area contributed by atoms with Gasteiger partial charge in [0.2, 0.25) is 0 Å². The number of amides is 1. The van der Waals surface area contributed by atoms with Crippen molar-refractivity contribution in [3.8, 4) is 11.4 Å². The van der Waals surface area contributed by atoms with Gasteiger partial charge in [0.25, 0.3) is 5.91 Å². The first kappa shape index (κ1) is 19.2. The van der Waals surface area contributed by atoms with E-state index in [1.807, 2.05) is 30.3 Å². The van der Waals surface area contributed by atoms with E-state index in [0.29, 0.717) is 5.69 Å². The fourth-order valence-corrected chi connectivity index (χ4v) is 4.47. The van der Waals surface area contributed by atoms with Crippen molar-refractivity contribution in [2.45, 2.75) is 31.1 Å².